The van der Waals surface area contributed by atoms with Crippen LogP contribution < -0.4 is 5.73 Å². The van der Waals surface area contributed by atoms with Gasteiger partial charge < -0.3 is 15.2 Å². The van der Waals surface area contributed by atoms with Crippen LogP contribution in [0, 0.1) is 0 Å². The number of carbonyl (C=O) groups excluding carboxylic acids is 1. The summed E-state index contributed by atoms with van der Waals surface area (Å²) < 4.78 is 5.33. The molecule has 0 saturated carbocycles. The summed E-state index contributed by atoms with van der Waals surface area (Å²) in [4.78, 5) is 14.8. The van der Waals surface area contributed by atoms with Crippen LogP contribution in [-0.4, -0.2) is 23.0 Å². The molecule has 6 heteroatoms. The number of thiophene rings is 1. The fourth-order valence-corrected chi connectivity index (χ4v) is 2.99. The maximum atomic E-state index is 12.4. The summed E-state index contributed by atoms with van der Waals surface area (Å²) >= 11 is 1.48. The average molecular weight is 327 g/mol. The van der Waals surface area contributed by atoms with Crippen LogP contribution in [0.25, 0.3) is 11.3 Å². The molecule has 3 aromatic rings. The van der Waals surface area contributed by atoms with Crippen molar-refractivity contribution in [3.63, 3.8) is 0 Å². The van der Waals surface area contributed by atoms with E-state index in [0.29, 0.717) is 12.3 Å². The molecule has 1 aromatic carbocycles. The lowest BCUT2D eigenvalue weighted by Crippen LogP contribution is -2.34. The van der Waals surface area contributed by atoms with Crippen molar-refractivity contribution in [3.8, 4) is 11.3 Å². The first-order chi connectivity index (χ1) is 11.1. The molecule has 5 nitrogen and oxygen atoms in total. The molecular formula is C17H17N3O2S. The van der Waals surface area contributed by atoms with E-state index in [2.05, 4.69) is 5.16 Å². The lowest BCUT2D eigenvalue weighted by atomic mass is 10.1. The Labute approximate surface area is 138 Å². The number of hydrogen-bond donors (Lipinski definition) is 1. The first-order valence-electron chi connectivity index (χ1n) is 7.20. The first kappa shape index (κ1) is 15.5. The molecule has 2 aromatic heterocycles. The van der Waals surface area contributed by atoms with Crippen LogP contribution in [0.5, 0.6) is 0 Å². The SMILES string of the molecule is CN(Cc1cc(-c2ccccc2)no1)C(=O)[C@@H](N)c1cccs1. The lowest BCUT2D eigenvalue weighted by Gasteiger charge is -2.19. The smallest absolute Gasteiger partial charge is 0.245 e. The number of aromatic nitrogens is 1. The zero-order valence-electron chi connectivity index (χ0n) is 12.7. The minimum atomic E-state index is -0.642. The Morgan fingerprint density at radius 3 is 2.78 bits per heavy atom. The summed E-state index contributed by atoms with van der Waals surface area (Å²) in [5, 5.41) is 5.96. The molecule has 118 valence electrons. The van der Waals surface area contributed by atoms with E-state index >= 15 is 0 Å². The predicted molar refractivity (Wildman–Crippen MR) is 89.7 cm³/mol. The number of carbonyl (C=O) groups is 1. The van der Waals surface area contributed by atoms with Crippen molar-refractivity contribution in [1.82, 2.24) is 10.1 Å². The Hall–Kier alpha value is -2.44. The minimum Gasteiger partial charge on any atom is -0.359 e. The molecule has 0 fully saturated rings. The van der Waals surface area contributed by atoms with Gasteiger partial charge in [0.1, 0.15) is 11.7 Å². The van der Waals surface area contributed by atoms with Crippen molar-refractivity contribution in [3.05, 3.63) is 64.5 Å². The van der Waals surface area contributed by atoms with Crippen LogP contribution in [0.2, 0.25) is 0 Å². The van der Waals surface area contributed by atoms with E-state index < -0.39 is 6.04 Å². The van der Waals surface area contributed by atoms with Gasteiger partial charge in [-0.15, -0.1) is 11.3 Å². The molecule has 1 atom stereocenters. The number of nitrogens with zero attached hydrogens (tertiary/aromatic N) is 2. The number of hydrogen-bond acceptors (Lipinski definition) is 5. The highest BCUT2D eigenvalue weighted by molar-refractivity contribution is 7.10. The molecule has 0 radical (unpaired) electrons. The van der Waals surface area contributed by atoms with E-state index in [9.17, 15) is 4.79 Å². The molecular weight excluding hydrogens is 310 g/mol. The first-order valence-corrected chi connectivity index (χ1v) is 8.08. The number of nitrogens with two attached hydrogens (primary N) is 1. The number of rotatable bonds is 5. The minimum absolute atomic E-state index is 0.148. The molecule has 3 rings (SSSR count). The van der Waals surface area contributed by atoms with Gasteiger partial charge in [-0.25, -0.2) is 0 Å². The fraction of sp³-hybridized carbons (Fsp3) is 0.176. The Kier molecular flexibility index (Phi) is 4.55. The summed E-state index contributed by atoms with van der Waals surface area (Å²) in [5.74, 6) is 0.475. The second kappa shape index (κ2) is 6.76. The van der Waals surface area contributed by atoms with Crippen LogP contribution >= 0.6 is 11.3 Å². The van der Waals surface area contributed by atoms with Crippen molar-refractivity contribution in [1.29, 1.82) is 0 Å². The normalized spacial score (nSPS) is 12.1. The van der Waals surface area contributed by atoms with Gasteiger partial charge in [0.25, 0.3) is 0 Å². The highest BCUT2D eigenvalue weighted by atomic mass is 32.1. The number of amides is 1. The molecule has 0 bridgehead atoms. The highest BCUT2D eigenvalue weighted by Crippen LogP contribution is 2.21. The van der Waals surface area contributed by atoms with Gasteiger partial charge >= 0.3 is 0 Å². The van der Waals surface area contributed by atoms with Crippen LogP contribution in [0.4, 0.5) is 0 Å². The zero-order valence-corrected chi connectivity index (χ0v) is 13.5. The van der Waals surface area contributed by atoms with E-state index in [-0.39, 0.29) is 5.91 Å². The largest absolute Gasteiger partial charge is 0.359 e. The number of benzene rings is 1. The average Bonchev–Trinajstić information content (AvgIpc) is 3.26. The van der Waals surface area contributed by atoms with Crippen LogP contribution in [-0.2, 0) is 11.3 Å². The Bertz CT molecular complexity index is 768. The molecule has 0 aliphatic rings. The van der Waals surface area contributed by atoms with E-state index in [0.717, 1.165) is 16.1 Å². The van der Waals surface area contributed by atoms with Gasteiger partial charge in [0.2, 0.25) is 5.91 Å². The van der Waals surface area contributed by atoms with Crippen molar-refractivity contribution in [2.75, 3.05) is 7.05 Å². The molecule has 0 aliphatic carbocycles. The third-order valence-corrected chi connectivity index (χ3v) is 4.47. The van der Waals surface area contributed by atoms with Gasteiger partial charge in [0.15, 0.2) is 5.76 Å². The Morgan fingerprint density at radius 1 is 1.30 bits per heavy atom. The highest BCUT2D eigenvalue weighted by Gasteiger charge is 2.22. The van der Waals surface area contributed by atoms with Gasteiger partial charge in [-0.1, -0.05) is 41.6 Å². The zero-order chi connectivity index (χ0) is 16.2. The summed E-state index contributed by atoms with van der Waals surface area (Å²) in [6, 6.07) is 14.7. The summed E-state index contributed by atoms with van der Waals surface area (Å²) in [5.41, 5.74) is 7.74. The fourth-order valence-electron chi connectivity index (χ4n) is 2.27. The third kappa shape index (κ3) is 3.49. The molecule has 0 saturated heterocycles. The third-order valence-electron chi connectivity index (χ3n) is 3.51. The molecule has 1 amide bonds. The predicted octanol–water partition coefficient (Wildman–Crippen LogP) is 3.06. The standard InChI is InChI=1S/C17H17N3O2S/c1-20(17(21)16(18)15-8-5-9-23-15)11-13-10-14(19-22-13)12-6-3-2-4-7-12/h2-10,16H,11,18H2,1H3/t16-/m0/s1. The maximum Gasteiger partial charge on any atom is 0.245 e. The van der Waals surface area contributed by atoms with Gasteiger partial charge in [-0.2, -0.15) is 0 Å². The Morgan fingerprint density at radius 2 is 2.09 bits per heavy atom. The summed E-state index contributed by atoms with van der Waals surface area (Å²) in [6.45, 7) is 0.331. The second-order valence-electron chi connectivity index (χ2n) is 5.23. The lowest BCUT2D eigenvalue weighted by molar-refractivity contribution is -0.132. The monoisotopic (exact) mass is 327 g/mol. The van der Waals surface area contributed by atoms with Crippen molar-refractivity contribution >= 4 is 17.2 Å². The molecule has 0 spiro atoms. The van der Waals surface area contributed by atoms with Crippen LogP contribution in [0.1, 0.15) is 16.7 Å². The van der Waals surface area contributed by atoms with Crippen molar-refractivity contribution in [2.24, 2.45) is 5.73 Å². The molecule has 0 aliphatic heterocycles. The quantitative estimate of drug-likeness (QED) is 0.782. The van der Waals surface area contributed by atoms with E-state index in [1.165, 1.54) is 11.3 Å². The molecule has 2 N–H and O–H groups in total. The van der Waals surface area contributed by atoms with Gasteiger partial charge in [-0.05, 0) is 11.4 Å². The maximum absolute atomic E-state index is 12.4. The van der Waals surface area contributed by atoms with Crippen molar-refractivity contribution in [2.45, 2.75) is 12.6 Å². The van der Waals surface area contributed by atoms with Gasteiger partial charge in [0, 0.05) is 23.6 Å². The Balaban J connectivity index is 1.67. The molecule has 2 heterocycles. The van der Waals surface area contributed by atoms with E-state index in [4.69, 9.17) is 10.3 Å². The van der Waals surface area contributed by atoms with Crippen LogP contribution in [0.15, 0.2) is 58.4 Å². The van der Waals surface area contributed by atoms with Gasteiger partial charge in [-0.3, -0.25) is 4.79 Å². The second-order valence-corrected chi connectivity index (χ2v) is 6.21. The van der Waals surface area contributed by atoms with E-state index in [1.807, 2.05) is 53.9 Å². The molecule has 0 unspecified atom stereocenters. The molecule has 23 heavy (non-hydrogen) atoms. The summed E-state index contributed by atoms with van der Waals surface area (Å²) in [6.07, 6.45) is 0. The van der Waals surface area contributed by atoms with Crippen LogP contribution in [0.3, 0.4) is 0 Å². The van der Waals surface area contributed by atoms with Crippen molar-refractivity contribution < 1.29 is 9.32 Å². The number of likely N-dealkylation sites (N-methyl/N-ethyl adjacent to an activating group) is 1. The topological polar surface area (TPSA) is 72.4 Å². The van der Waals surface area contributed by atoms with Gasteiger partial charge in [0.05, 0.1) is 6.54 Å². The van der Waals surface area contributed by atoms with E-state index in [1.54, 1.807) is 11.9 Å². The summed E-state index contributed by atoms with van der Waals surface area (Å²) in [7, 11) is 1.71.